The third kappa shape index (κ3) is 2.30. The summed E-state index contributed by atoms with van der Waals surface area (Å²) < 4.78 is 27.4. The van der Waals surface area contributed by atoms with Crippen molar-refractivity contribution in [2.24, 2.45) is 0 Å². The molecule has 1 aromatic rings. The normalized spacial score (nSPS) is 9.69. The third-order valence-electron chi connectivity index (χ3n) is 1.31. The zero-order chi connectivity index (χ0) is 9.84. The van der Waals surface area contributed by atoms with Crippen molar-refractivity contribution < 1.29 is 18.6 Å². The zero-order valence-electron chi connectivity index (χ0n) is 6.37. The van der Waals surface area contributed by atoms with Gasteiger partial charge in [-0.25, -0.2) is 0 Å². The number of benzene rings is 1. The minimum Gasteiger partial charge on any atom is -0.507 e. The van der Waals surface area contributed by atoms with Crippen molar-refractivity contribution in [3.63, 3.8) is 0 Å². The van der Waals surface area contributed by atoms with Crippen molar-refractivity contribution in [2.75, 3.05) is 0 Å². The van der Waals surface area contributed by atoms with Crippen molar-refractivity contribution in [3.8, 4) is 17.6 Å². The average molecular weight is 185 g/mol. The van der Waals surface area contributed by atoms with Crippen LogP contribution in [0.2, 0.25) is 0 Å². The highest BCUT2D eigenvalue weighted by molar-refractivity contribution is 5.46. The molecule has 1 rings (SSSR count). The lowest BCUT2D eigenvalue weighted by atomic mass is 10.2. The van der Waals surface area contributed by atoms with Gasteiger partial charge in [0.1, 0.15) is 17.6 Å². The fourth-order valence-electron chi connectivity index (χ4n) is 0.781. The van der Waals surface area contributed by atoms with Crippen molar-refractivity contribution in [3.05, 3.63) is 23.8 Å². The Balaban J connectivity index is 2.95. The summed E-state index contributed by atoms with van der Waals surface area (Å²) in [7, 11) is 0. The van der Waals surface area contributed by atoms with Gasteiger partial charge in [0, 0.05) is 6.07 Å². The van der Waals surface area contributed by atoms with Gasteiger partial charge >= 0.3 is 6.61 Å². The number of halogens is 2. The Labute approximate surface area is 72.8 Å². The van der Waals surface area contributed by atoms with Gasteiger partial charge < -0.3 is 9.84 Å². The molecule has 0 aliphatic carbocycles. The van der Waals surface area contributed by atoms with Crippen LogP contribution in [0.5, 0.6) is 11.5 Å². The molecule has 13 heavy (non-hydrogen) atoms. The highest BCUT2D eigenvalue weighted by Crippen LogP contribution is 2.23. The van der Waals surface area contributed by atoms with Crippen molar-refractivity contribution >= 4 is 0 Å². The van der Waals surface area contributed by atoms with Crippen LogP contribution in [0.15, 0.2) is 18.2 Å². The minimum atomic E-state index is -2.93. The van der Waals surface area contributed by atoms with E-state index in [4.69, 9.17) is 10.4 Å². The molecule has 0 amide bonds. The maximum absolute atomic E-state index is 11.7. The Bertz CT molecular complexity index is 346. The van der Waals surface area contributed by atoms with Crippen LogP contribution in [0.25, 0.3) is 0 Å². The molecule has 0 aliphatic rings. The lowest BCUT2D eigenvalue weighted by Gasteiger charge is -2.04. The summed E-state index contributed by atoms with van der Waals surface area (Å²) in [5, 5.41) is 17.4. The lowest BCUT2D eigenvalue weighted by Crippen LogP contribution is -2.01. The standard InChI is InChI=1S/C8H5F2NO2/c9-8(10)13-6-1-2-7(12)5(3-6)4-11/h1-3,8,12H. The van der Waals surface area contributed by atoms with E-state index < -0.39 is 6.61 Å². The number of hydrogen-bond acceptors (Lipinski definition) is 3. The van der Waals surface area contributed by atoms with Gasteiger partial charge in [-0.3, -0.25) is 0 Å². The first kappa shape index (κ1) is 9.26. The molecule has 0 saturated carbocycles. The molecular weight excluding hydrogens is 180 g/mol. The number of nitriles is 1. The van der Waals surface area contributed by atoms with Crippen molar-refractivity contribution in [2.45, 2.75) is 6.61 Å². The second kappa shape index (κ2) is 3.72. The molecule has 3 nitrogen and oxygen atoms in total. The molecular formula is C8H5F2NO2. The molecule has 0 atom stereocenters. The molecule has 1 N–H and O–H groups in total. The van der Waals surface area contributed by atoms with E-state index in [2.05, 4.69) is 4.74 Å². The van der Waals surface area contributed by atoms with Gasteiger partial charge in [0.2, 0.25) is 0 Å². The van der Waals surface area contributed by atoms with Crippen molar-refractivity contribution in [1.82, 2.24) is 0 Å². The number of phenolic OH excluding ortho intramolecular Hbond substituents is 1. The Morgan fingerprint density at radius 1 is 1.46 bits per heavy atom. The van der Waals surface area contributed by atoms with E-state index in [0.29, 0.717) is 0 Å². The van der Waals surface area contributed by atoms with Gasteiger partial charge in [0.05, 0.1) is 5.56 Å². The Morgan fingerprint density at radius 2 is 2.15 bits per heavy atom. The van der Waals surface area contributed by atoms with Crippen LogP contribution < -0.4 is 4.74 Å². The Hall–Kier alpha value is -1.83. The summed E-state index contributed by atoms with van der Waals surface area (Å²) in [6.07, 6.45) is 0. The smallest absolute Gasteiger partial charge is 0.387 e. The second-order valence-corrected chi connectivity index (χ2v) is 2.17. The van der Waals surface area contributed by atoms with Gasteiger partial charge in [0.15, 0.2) is 0 Å². The number of nitrogens with zero attached hydrogens (tertiary/aromatic N) is 1. The van der Waals surface area contributed by atoms with Gasteiger partial charge in [-0.1, -0.05) is 0 Å². The number of ether oxygens (including phenoxy) is 1. The first-order valence-electron chi connectivity index (χ1n) is 3.31. The van der Waals surface area contributed by atoms with Gasteiger partial charge in [0.25, 0.3) is 0 Å². The maximum atomic E-state index is 11.7. The highest BCUT2D eigenvalue weighted by Gasteiger charge is 2.06. The summed E-state index contributed by atoms with van der Waals surface area (Å²) in [4.78, 5) is 0. The Kier molecular flexibility index (Phi) is 2.65. The van der Waals surface area contributed by atoms with E-state index in [1.54, 1.807) is 6.07 Å². The topological polar surface area (TPSA) is 53.2 Å². The SMILES string of the molecule is N#Cc1cc(OC(F)F)ccc1O. The molecule has 0 spiro atoms. The second-order valence-electron chi connectivity index (χ2n) is 2.17. The molecule has 0 saturated heterocycles. The first-order valence-corrected chi connectivity index (χ1v) is 3.31. The molecule has 0 bridgehead atoms. The van der Waals surface area contributed by atoms with Crippen LogP contribution in [0.1, 0.15) is 5.56 Å². The Morgan fingerprint density at radius 3 is 2.69 bits per heavy atom. The number of alkyl halides is 2. The largest absolute Gasteiger partial charge is 0.507 e. The number of phenols is 1. The molecule has 0 aromatic heterocycles. The molecule has 68 valence electrons. The highest BCUT2D eigenvalue weighted by atomic mass is 19.3. The number of rotatable bonds is 2. The van der Waals surface area contributed by atoms with Crippen LogP contribution in [0, 0.1) is 11.3 Å². The van der Waals surface area contributed by atoms with Crippen LogP contribution in [0.3, 0.4) is 0 Å². The number of hydrogen-bond donors (Lipinski definition) is 1. The van der Waals surface area contributed by atoms with Crippen LogP contribution in [-0.2, 0) is 0 Å². The predicted octanol–water partition coefficient (Wildman–Crippen LogP) is 1.87. The maximum Gasteiger partial charge on any atom is 0.387 e. The monoisotopic (exact) mass is 185 g/mol. The van der Waals surface area contributed by atoms with Crippen molar-refractivity contribution in [1.29, 1.82) is 5.26 Å². The molecule has 0 radical (unpaired) electrons. The van der Waals surface area contributed by atoms with E-state index in [1.165, 1.54) is 0 Å². The van der Waals surface area contributed by atoms with E-state index in [9.17, 15) is 8.78 Å². The van der Waals surface area contributed by atoms with Crippen LogP contribution in [-0.4, -0.2) is 11.7 Å². The van der Waals surface area contributed by atoms with Gasteiger partial charge in [-0.05, 0) is 12.1 Å². The van der Waals surface area contributed by atoms with Gasteiger partial charge in [-0.2, -0.15) is 14.0 Å². The van der Waals surface area contributed by atoms with Gasteiger partial charge in [-0.15, -0.1) is 0 Å². The fraction of sp³-hybridized carbons (Fsp3) is 0.125. The summed E-state index contributed by atoms with van der Waals surface area (Å²) in [5.41, 5.74) is -0.0989. The lowest BCUT2D eigenvalue weighted by molar-refractivity contribution is -0.0498. The zero-order valence-corrected chi connectivity index (χ0v) is 6.37. The van der Waals surface area contributed by atoms with E-state index in [1.807, 2.05) is 0 Å². The molecule has 1 aromatic carbocycles. The van der Waals surface area contributed by atoms with E-state index in [-0.39, 0.29) is 17.1 Å². The summed E-state index contributed by atoms with van der Waals surface area (Å²) in [6.45, 7) is -2.93. The quantitative estimate of drug-likeness (QED) is 0.765. The number of aromatic hydroxyl groups is 1. The first-order chi connectivity index (χ1) is 6.13. The predicted molar refractivity (Wildman–Crippen MR) is 39.5 cm³/mol. The molecule has 5 heteroatoms. The van der Waals surface area contributed by atoms with E-state index >= 15 is 0 Å². The fourth-order valence-corrected chi connectivity index (χ4v) is 0.781. The average Bonchev–Trinajstić information content (AvgIpc) is 2.07. The molecule has 0 aliphatic heterocycles. The van der Waals surface area contributed by atoms with Crippen LogP contribution in [0.4, 0.5) is 8.78 Å². The molecule has 0 fully saturated rings. The molecule has 0 heterocycles. The van der Waals surface area contributed by atoms with Crippen LogP contribution >= 0.6 is 0 Å². The minimum absolute atomic E-state index is 0.0989. The summed E-state index contributed by atoms with van der Waals surface area (Å²) in [5.74, 6) is -0.409. The third-order valence-corrected chi connectivity index (χ3v) is 1.31. The summed E-state index contributed by atoms with van der Waals surface area (Å²) >= 11 is 0. The van der Waals surface area contributed by atoms with E-state index in [0.717, 1.165) is 18.2 Å². The molecule has 0 unspecified atom stereocenters. The summed E-state index contributed by atoms with van der Waals surface area (Å²) in [6, 6.07) is 4.95.